The third kappa shape index (κ3) is 3.91. The molecule has 22 heavy (non-hydrogen) atoms. The van der Waals surface area contributed by atoms with E-state index < -0.39 is 0 Å². The van der Waals surface area contributed by atoms with Gasteiger partial charge in [-0.05, 0) is 42.5 Å². The Morgan fingerprint density at radius 2 is 2.32 bits per heavy atom. The zero-order valence-corrected chi connectivity index (χ0v) is 14.3. The van der Waals surface area contributed by atoms with E-state index in [1.807, 2.05) is 29.0 Å². The topological polar surface area (TPSA) is 46.1 Å². The summed E-state index contributed by atoms with van der Waals surface area (Å²) in [7, 11) is 0. The fourth-order valence-corrected chi connectivity index (χ4v) is 3.46. The monoisotopic (exact) mass is 339 g/mol. The van der Waals surface area contributed by atoms with Crippen molar-refractivity contribution in [2.75, 3.05) is 13.1 Å². The van der Waals surface area contributed by atoms with Gasteiger partial charge in [-0.1, -0.05) is 13.0 Å². The van der Waals surface area contributed by atoms with Crippen LogP contribution >= 0.6 is 23.7 Å². The number of hydrogen-bond acceptors (Lipinski definition) is 3. The maximum atomic E-state index is 12.5. The standard InChI is InChI=1S/C16H21N3OS.ClH/c1-12-6-7-17-10-14(12)18-16(20)15-5-2-8-19(15)11-13-4-3-9-21-13;/h2-5,8-9,12,14,17H,6-7,10-11H2,1H3,(H,18,20);1H. The number of carbonyl (C=O) groups is 1. The van der Waals surface area contributed by atoms with Crippen molar-refractivity contribution in [3.8, 4) is 0 Å². The van der Waals surface area contributed by atoms with E-state index in [1.165, 1.54) is 4.88 Å². The van der Waals surface area contributed by atoms with Crippen molar-refractivity contribution >= 4 is 29.7 Å². The van der Waals surface area contributed by atoms with Crippen molar-refractivity contribution in [2.24, 2.45) is 5.92 Å². The summed E-state index contributed by atoms with van der Waals surface area (Å²) < 4.78 is 2.02. The predicted molar refractivity (Wildman–Crippen MR) is 93.0 cm³/mol. The molecule has 6 heteroatoms. The number of nitrogens with one attached hydrogen (secondary N) is 2. The largest absolute Gasteiger partial charge is 0.346 e. The molecule has 2 aromatic heterocycles. The average molecular weight is 340 g/mol. The number of amides is 1. The third-order valence-corrected chi connectivity index (χ3v) is 4.97. The van der Waals surface area contributed by atoms with Gasteiger partial charge in [0, 0.05) is 23.7 Å². The Kier molecular flexibility index (Phi) is 6.06. The second kappa shape index (κ2) is 7.81. The summed E-state index contributed by atoms with van der Waals surface area (Å²) in [6.07, 6.45) is 3.08. The summed E-state index contributed by atoms with van der Waals surface area (Å²) in [6, 6.07) is 8.18. The van der Waals surface area contributed by atoms with Crippen molar-refractivity contribution in [3.05, 3.63) is 46.4 Å². The number of aromatic nitrogens is 1. The Labute approximate surface area is 141 Å². The van der Waals surface area contributed by atoms with E-state index in [0.29, 0.717) is 5.92 Å². The van der Waals surface area contributed by atoms with Crippen LogP contribution in [0.2, 0.25) is 0 Å². The zero-order chi connectivity index (χ0) is 14.7. The second-order valence-electron chi connectivity index (χ2n) is 5.65. The van der Waals surface area contributed by atoms with Crippen LogP contribution in [-0.2, 0) is 6.54 Å². The van der Waals surface area contributed by atoms with Gasteiger partial charge in [0.15, 0.2) is 0 Å². The van der Waals surface area contributed by atoms with E-state index in [0.717, 1.165) is 31.7 Å². The fraction of sp³-hybridized carbons (Fsp3) is 0.438. The van der Waals surface area contributed by atoms with Gasteiger partial charge in [-0.3, -0.25) is 4.79 Å². The lowest BCUT2D eigenvalue weighted by Gasteiger charge is -2.30. The minimum atomic E-state index is 0. The second-order valence-corrected chi connectivity index (χ2v) is 6.68. The van der Waals surface area contributed by atoms with E-state index >= 15 is 0 Å². The summed E-state index contributed by atoms with van der Waals surface area (Å²) in [5, 5.41) is 8.58. The molecule has 0 aliphatic carbocycles. The molecule has 2 N–H and O–H groups in total. The molecule has 3 heterocycles. The Bertz CT molecular complexity index is 596. The summed E-state index contributed by atoms with van der Waals surface area (Å²) >= 11 is 1.72. The molecule has 120 valence electrons. The summed E-state index contributed by atoms with van der Waals surface area (Å²) in [5.41, 5.74) is 0.737. The quantitative estimate of drug-likeness (QED) is 0.899. The van der Waals surface area contributed by atoms with Crippen LogP contribution in [0.25, 0.3) is 0 Å². The van der Waals surface area contributed by atoms with Crippen LogP contribution < -0.4 is 10.6 Å². The molecule has 1 aliphatic rings. The van der Waals surface area contributed by atoms with Crippen LogP contribution in [-0.4, -0.2) is 29.6 Å². The lowest BCUT2D eigenvalue weighted by Crippen LogP contribution is -2.50. The fourth-order valence-electron chi connectivity index (χ4n) is 2.75. The number of rotatable bonds is 4. The van der Waals surface area contributed by atoms with E-state index in [-0.39, 0.29) is 24.4 Å². The third-order valence-electron chi connectivity index (χ3n) is 4.11. The Balaban J connectivity index is 0.00000176. The molecule has 1 saturated heterocycles. The molecule has 0 radical (unpaired) electrons. The minimum absolute atomic E-state index is 0. The van der Waals surface area contributed by atoms with Gasteiger partial charge in [0.05, 0.1) is 6.54 Å². The molecule has 0 saturated carbocycles. The highest BCUT2D eigenvalue weighted by Gasteiger charge is 2.24. The number of carbonyl (C=O) groups excluding carboxylic acids is 1. The first-order chi connectivity index (χ1) is 10.2. The van der Waals surface area contributed by atoms with Crippen molar-refractivity contribution in [1.82, 2.24) is 15.2 Å². The van der Waals surface area contributed by atoms with Gasteiger partial charge in [-0.2, -0.15) is 0 Å². The molecule has 0 spiro atoms. The Morgan fingerprint density at radius 1 is 1.45 bits per heavy atom. The lowest BCUT2D eigenvalue weighted by molar-refractivity contribution is 0.0906. The van der Waals surface area contributed by atoms with Crippen LogP contribution in [0.5, 0.6) is 0 Å². The van der Waals surface area contributed by atoms with E-state index in [2.05, 4.69) is 29.0 Å². The first kappa shape index (κ1) is 17.1. The number of thiophene rings is 1. The van der Waals surface area contributed by atoms with E-state index in [1.54, 1.807) is 11.3 Å². The number of piperidine rings is 1. The van der Waals surface area contributed by atoms with Crippen molar-refractivity contribution in [1.29, 1.82) is 0 Å². The minimum Gasteiger partial charge on any atom is -0.346 e. The maximum Gasteiger partial charge on any atom is 0.268 e. The predicted octanol–water partition coefficient (Wildman–Crippen LogP) is 2.75. The number of nitrogens with zero attached hydrogens (tertiary/aromatic N) is 1. The Morgan fingerprint density at radius 3 is 3.05 bits per heavy atom. The van der Waals surface area contributed by atoms with Crippen molar-refractivity contribution in [2.45, 2.75) is 25.9 Å². The molecule has 4 nitrogen and oxygen atoms in total. The van der Waals surface area contributed by atoms with Gasteiger partial charge >= 0.3 is 0 Å². The van der Waals surface area contributed by atoms with E-state index in [4.69, 9.17) is 0 Å². The summed E-state index contributed by atoms with van der Waals surface area (Å²) in [4.78, 5) is 13.8. The molecule has 0 bridgehead atoms. The van der Waals surface area contributed by atoms with Gasteiger partial charge in [-0.15, -0.1) is 23.7 Å². The van der Waals surface area contributed by atoms with Gasteiger partial charge < -0.3 is 15.2 Å². The number of hydrogen-bond donors (Lipinski definition) is 2. The van der Waals surface area contributed by atoms with Gasteiger partial charge in [0.2, 0.25) is 0 Å². The van der Waals surface area contributed by atoms with Crippen LogP contribution in [0.1, 0.15) is 28.7 Å². The molecule has 2 aromatic rings. The molecular weight excluding hydrogens is 318 g/mol. The molecule has 3 rings (SSSR count). The smallest absolute Gasteiger partial charge is 0.268 e. The molecule has 1 amide bonds. The van der Waals surface area contributed by atoms with Gasteiger partial charge in [-0.25, -0.2) is 0 Å². The molecular formula is C16H22ClN3OS. The Hall–Kier alpha value is -1.30. The highest BCUT2D eigenvalue weighted by Crippen LogP contribution is 2.15. The average Bonchev–Trinajstić information content (AvgIpc) is 3.13. The van der Waals surface area contributed by atoms with E-state index in [9.17, 15) is 4.79 Å². The normalized spacial score (nSPS) is 21.1. The highest BCUT2D eigenvalue weighted by molar-refractivity contribution is 7.09. The maximum absolute atomic E-state index is 12.5. The van der Waals surface area contributed by atoms with Gasteiger partial charge in [0.25, 0.3) is 5.91 Å². The van der Waals surface area contributed by atoms with Crippen LogP contribution in [0.3, 0.4) is 0 Å². The zero-order valence-electron chi connectivity index (χ0n) is 12.6. The van der Waals surface area contributed by atoms with Crippen LogP contribution in [0.15, 0.2) is 35.8 Å². The lowest BCUT2D eigenvalue weighted by atomic mass is 9.95. The highest BCUT2D eigenvalue weighted by atomic mass is 35.5. The first-order valence-corrected chi connectivity index (χ1v) is 8.31. The molecule has 2 unspecified atom stereocenters. The van der Waals surface area contributed by atoms with Crippen molar-refractivity contribution < 1.29 is 4.79 Å². The first-order valence-electron chi connectivity index (χ1n) is 7.43. The van der Waals surface area contributed by atoms with Crippen LogP contribution in [0, 0.1) is 5.92 Å². The molecule has 1 fully saturated rings. The summed E-state index contributed by atoms with van der Waals surface area (Å²) in [5.74, 6) is 0.549. The SMILES string of the molecule is CC1CCNCC1NC(=O)c1cccn1Cc1cccs1.Cl. The summed E-state index contributed by atoms with van der Waals surface area (Å²) in [6.45, 7) is 4.86. The van der Waals surface area contributed by atoms with Crippen LogP contribution in [0.4, 0.5) is 0 Å². The van der Waals surface area contributed by atoms with Gasteiger partial charge in [0.1, 0.15) is 5.69 Å². The molecule has 1 aliphatic heterocycles. The van der Waals surface area contributed by atoms with Crippen molar-refractivity contribution in [3.63, 3.8) is 0 Å². The number of halogens is 1. The molecule has 2 atom stereocenters. The molecule has 0 aromatic carbocycles.